The lowest BCUT2D eigenvalue weighted by Gasteiger charge is -2.25. The second kappa shape index (κ2) is 15.1. The normalized spacial score (nSPS) is 11.5. The predicted octanol–water partition coefficient (Wildman–Crippen LogP) is 5.48. The van der Waals surface area contributed by atoms with Crippen molar-refractivity contribution in [3.05, 3.63) is 58.7 Å². The minimum atomic E-state index is -1.54. The van der Waals surface area contributed by atoms with E-state index >= 15 is 0 Å². The monoisotopic (exact) mass is 598 g/mol. The van der Waals surface area contributed by atoms with Crippen molar-refractivity contribution in [1.82, 2.24) is 0 Å². The van der Waals surface area contributed by atoms with Crippen LogP contribution < -0.4 is 19.6 Å². The summed E-state index contributed by atoms with van der Waals surface area (Å²) in [5.41, 5.74) is -3.37. The number of rotatable bonds is 15. The zero-order valence-electron chi connectivity index (χ0n) is 23.7. The smallest absolute Gasteiger partial charge is 0.187 e. The van der Waals surface area contributed by atoms with Gasteiger partial charge in [-0.2, -0.15) is 0 Å². The van der Waals surface area contributed by atoms with Gasteiger partial charge in [-0.1, -0.05) is 12.2 Å². The first-order valence-corrected chi connectivity index (χ1v) is 12.5. The van der Waals surface area contributed by atoms with E-state index in [0.717, 1.165) is 19.6 Å². The fourth-order valence-electron chi connectivity index (χ4n) is 3.99. The Morgan fingerprint density at radius 2 is 0.878 bits per heavy atom. The van der Waals surface area contributed by atoms with Gasteiger partial charge in [0.1, 0.15) is 22.7 Å². The first-order valence-electron chi connectivity index (χ1n) is 12.5. The SMILES string of the molecule is COCCN(C)c1c(F)c(F)c(N(C)CCOC/C=C/CCN(C)c2c(F)c(F)c(N(C)C)c(F)c2F)c(F)c1F. The molecule has 0 N–H and O–H groups in total. The first-order chi connectivity index (χ1) is 19.3. The van der Waals surface area contributed by atoms with Crippen LogP contribution in [0.3, 0.4) is 0 Å². The lowest BCUT2D eigenvalue weighted by molar-refractivity contribution is 0.169. The van der Waals surface area contributed by atoms with Gasteiger partial charge in [0.05, 0.1) is 19.8 Å². The molecule has 0 amide bonds. The van der Waals surface area contributed by atoms with E-state index in [-0.39, 0.29) is 45.9 Å². The molecule has 0 bridgehead atoms. The van der Waals surface area contributed by atoms with E-state index in [9.17, 15) is 35.1 Å². The molecule has 0 saturated heterocycles. The Bertz CT molecular complexity index is 1170. The molecule has 0 aliphatic heterocycles. The first kappa shape index (κ1) is 33.9. The van der Waals surface area contributed by atoms with Gasteiger partial charge in [-0.3, -0.25) is 0 Å². The summed E-state index contributed by atoms with van der Waals surface area (Å²) >= 11 is 0. The van der Waals surface area contributed by atoms with Gasteiger partial charge in [0.25, 0.3) is 0 Å². The summed E-state index contributed by atoms with van der Waals surface area (Å²) in [6.07, 6.45) is 3.39. The zero-order valence-corrected chi connectivity index (χ0v) is 23.7. The fraction of sp³-hybridized carbons (Fsp3) is 0.481. The second-order valence-electron chi connectivity index (χ2n) is 9.39. The highest BCUT2D eigenvalue weighted by Crippen LogP contribution is 2.36. The van der Waals surface area contributed by atoms with Gasteiger partial charge in [-0.25, -0.2) is 35.1 Å². The highest BCUT2D eigenvalue weighted by Gasteiger charge is 2.30. The molecule has 0 aliphatic rings. The highest BCUT2D eigenvalue weighted by molar-refractivity contribution is 5.61. The Kier molecular flexibility index (Phi) is 12.5. The molecule has 2 aromatic rings. The Labute approximate surface area is 234 Å². The van der Waals surface area contributed by atoms with Gasteiger partial charge in [0.15, 0.2) is 46.5 Å². The third-order valence-corrected chi connectivity index (χ3v) is 6.24. The molecule has 0 fully saturated rings. The molecule has 14 heteroatoms. The van der Waals surface area contributed by atoms with Crippen LogP contribution >= 0.6 is 0 Å². The van der Waals surface area contributed by atoms with Crippen molar-refractivity contribution < 1.29 is 44.6 Å². The lowest BCUT2D eigenvalue weighted by Crippen LogP contribution is -2.29. The van der Waals surface area contributed by atoms with E-state index in [1.165, 1.54) is 42.3 Å². The van der Waals surface area contributed by atoms with E-state index in [1.807, 2.05) is 0 Å². The predicted molar refractivity (Wildman–Crippen MR) is 143 cm³/mol. The number of ether oxygens (including phenoxy) is 2. The Morgan fingerprint density at radius 1 is 0.512 bits per heavy atom. The fourth-order valence-corrected chi connectivity index (χ4v) is 3.99. The van der Waals surface area contributed by atoms with E-state index in [0.29, 0.717) is 0 Å². The van der Waals surface area contributed by atoms with Crippen molar-refractivity contribution in [3.63, 3.8) is 0 Å². The average Bonchev–Trinajstić information content (AvgIpc) is 2.91. The number of likely N-dealkylation sites (N-methyl/N-ethyl adjacent to an activating group) is 2. The van der Waals surface area contributed by atoms with E-state index in [1.54, 1.807) is 12.2 Å². The Morgan fingerprint density at radius 3 is 1.27 bits per heavy atom. The van der Waals surface area contributed by atoms with Gasteiger partial charge in [-0.15, -0.1) is 0 Å². The van der Waals surface area contributed by atoms with Crippen LogP contribution in [0.1, 0.15) is 6.42 Å². The van der Waals surface area contributed by atoms with Gasteiger partial charge < -0.3 is 29.1 Å². The molecule has 230 valence electrons. The molecule has 0 aliphatic carbocycles. The van der Waals surface area contributed by atoms with Crippen LogP contribution in [0, 0.1) is 46.5 Å². The summed E-state index contributed by atoms with van der Waals surface area (Å²) in [7, 11) is 7.70. The maximum atomic E-state index is 14.7. The van der Waals surface area contributed by atoms with Gasteiger partial charge in [0, 0.05) is 62.0 Å². The maximum Gasteiger partial charge on any atom is 0.187 e. The summed E-state index contributed by atoms with van der Waals surface area (Å²) in [4.78, 5) is 3.97. The summed E-state index contributed by atoms with van der Waals surface area (Å²) in [6, 6.07) is 0. The highest BCUT2D eigenvalue weighted by atomic mass is 19.2. The second-order valence-corrected chi connectivity index (χ2v) is 9.39. The number of halogens is 8. The molecule has 0 aromatic heterocycles. The summed E-state index contributed by atoms with van der Waals surface area (Å²) in [5, 5.41) is 0. The number of anilines is 4. The molecule has 41 heavy (non-hydrogen) atoms. The van der Waals surface area contributed by atoms with E-state index in [2.05, 4.69) is 0 Å². The van der Waals surface area contributed by atoms with Crippen LogP contribution in [0.2, 0.25) is 0 Å². The molecule has 0 spiro atoms. The van der Waals surface area contributed by atoms with Crippen LogP contribution in [0.4, 0.5) is 57.9 Å². The zero-order chi connectivity index (χ0) is 31.0. The van der Waals surface area contributed by atoms with Gasteiger partial charge in [-0.05, 0) is 6.42 Å². The van der Waals surface area contributed by atoms with Gasteiger partial charge >= 0.3 is 0 Å². The molecule has 0 radical (unpaired) electrons. The molecular formula is C27H34F8N4O2. The minimum Gasteiger partial charge on any atom is -0.383 e. The average molecular weight is 599 g/mol. The lowest BCUT2D eigenvalue weighted by atomic mass is 10.2. The molecule has 2 rings (SSSR count). The Hall–Kier alpha value is -3.26. The quantitative estimate of drug-likeness (QED) is 0.117. The van der Waals surface area contributed by atoms with Crippen LogP contribution in [0.5, 0.6) is 0 Å². The molecule has 6 nitrogen and oxygen atoms in total. The summed E-state index contributed by atoms with van der Waals surface area (Å²) in [5.74, 6) is -12.2. The minimum absolute atomic E-state index is 0.00476. The Balaban J connectivity index is 1.91. The number of nitrogens with zero attached hydrogens (tertiary/aromatic N) is 4. The van der Waals surface area contributed by atoms with Crippen molar-refractivity contribution >= 4 is 22.7 Å². The topological polar surface area (TPSA) is 31.4 Å². The van der Waals surface area contributed by atoms with Crippen molar-refractivity contribution in [2.75, 3.05) is 101 Å². The summed E-state index contributed by atoms with van der Waals surface area (Å²) in [6.45, 7) is -0.0284. The van der Waals surface area contributed by atoms with Crippen LogP contribution in [0.15, 0.2) is 12.2 Å². The third kappa shape index (κ3) is 7.73. The van der Waals surface area contributed by atoms with Crippen LogP contribution in [-0.4, -0.2) is 81.8 Å². The largest absolute Gasteiger partial charge is 0.383 e. The maximum absolute atomic E-state index is 14.7. The van der Waals surface area contributed by atoms with Crippen molar-refractivity contribution in [1.29, 1.82) is 0 Å². The molecule has 0 heterocycles. The number of hydrogen-bond acceptors (Lipinski definition) is 6. The number of benzene rings is 2. The molecule has 0 unspecified atom stereocenters. The van der Waals surface area contributed by atoms with E-state index in [4.69, 9.17) is 9.47 Å². The number of methoxy groups -OCH3 is 1. The third-order valence-electron chi connectivity index (χ3n) is 6.24. The van der Waals surface area contributed by atoms with Gasteiger partial charge in [0.2, 0.25) is 0 Å². The molecule has 2 aromatic carbocycles. The standard InChI is InChI=1S/C27H34F8N4O2/c1-36(2)24-16(28)18(30)25(19(31)17(24)29)37(3)10-8-7-9-13-41-15-12-39(5)27-22(34)20(32)26(21(33)23(27)35)38(4)11-14-40-6/h7,9H,8,10-15H2,1-6H3/b9-7+. The molecular weight excluding hydrogens is 564 g/mol. The van der Waals surface area contributed by atoms with Crippen molar-refractivity contribution in [3.8, 4) is 0 Å². The van der Waals surface area contributed by atoms with E-state index < -0.39 is 69.3 Å². The van der Waals surface area contributed by atoms with Crippen LogP contribution in [-0.2, 0) is 9.47 Å². The van der Waals surface area contributed by atoms with Crippen LogP contribution in [0.25, 0.3) is 0 Å². The van der Waals surface area contributed by atoms with Crippen molar-refractivity contribution in [2.45, 2.75) is 6.42 Å². The molecule has 0 saturated carbocycles. The molecule has 0 atom stereocenters. The number of hydrogen-bond donors (Lipinski definition) is 0. The van der Waals surface area contributed by atoms with Crippen molar-refractivity contribution in [2.24, 2.45) is 0 Å². The summed E-state index contributed by atoms with van der Waals surface area (Å²) < 4.78 is 126.